The molecule has 0 amide bonds. The average Bonchev–Trinajstić information content (AvgIpc) is 3.08. The van der Waals surface area contributed by atoms with Gasteiger partial charge in [-0.05, 0) is 31.9 Å². The third kappa shape index (κ3) is 4.14. The van der Waals surface area contributed by atoms with Crippen molar-refractivity contribution in [3.63, 3.8) is 0 Å². The van der Waals surface area contributed by atoms with E-state index < -0.39 is 0 Å². The fourth-order valence-electron chi connectivity index (χ4n) is 2.93. The van der Waals surface area contributed by atoms with Gasteiger partial charge >= 0.3 is 0 Å². The lowest BCUT2D eigenvalue weighted by Gasteiger charge is -2.23. The first-order valence-electron chi connectivity index (χ1n) is 8.41. The first kappa shape index (κ1) is 16.5. The molecule has 24 heavy (non-hydrogen) atoms. The Labute approximate surface area is 142 Å². The van der Waals surface area contributed by atoms with Gasteiger partial charge in [-0.3, -0.25) is 0 Å². The molecule has 0 spiro atoms. The molecule has 128 valence electrons. The fraction of sp³-hybridized carbons (Fsp3) is 0.444. The van der Waals surface area contributed by atoms with E-state index in [1.165, 1.54) is 0 Å². The van der Waals surface area contributed by atoms with Crippen LogP contribution in [0.1, 0.15) is 18.5 Å². The highest BCUT2D eigenvalue weighted by Crippen LogP contribution is 2.23. The predicted octanol–water partition coefficient (Wildman–Crippen LogP) is 2.24. The predicted molar refractivity (Wildman–Crippen MR) is 94.6 cm³/mol. The summed E-state index contributed by atoms with van der Waals surface area (Å²) in [5, 5.41) is 12.8. The number of aromatic nitrogens is 2. The summed E-state index contributed by atoms with van der Waals surface area (Å²) in [6.45, 7) is 4.22. The molecule has 2 aromatic rings. The SMILES string of the molecule is Cc1cc(NCCOc2ccccc2)nc(N2CCCC2CO)n1. The highest BCUT2D eigenvalue weighted by atomic mass is 16.5. The standard InChI is InChI=1S/C18H24N4O2/c1-14-12-17(19-9-11-24-16-7-3-2-4-8-16)21-18(20-14)22-10-5-6-15(22)13-23/h2-4,7-8,12,15,23H,5-6,9-11,13H2,1H3,(H,19,20,21). The maximum atomic E-state index is 9.49. The van der Waals surface area contributed by atoms with E-state index in [1.807, 2.05) is 43.3 Å². The molecule has 0 aliphatic carbocycles. The second kappa shape index (κ2) is 7.97. The Balaban J connectivity index is 1.57. The molecule has 6 nitrogen and oxygen atoms in total. The maximum absolute atomic E-state index is 9.49. The van der Waals surface area contributed by atoms with Gasteiger partial charge in [0, 0.05) is 18.3 Å². The van der Waals surface area contributed by atoms with E-state index >= 15 is 0 Å². The summed E-state index contributed by atoms with van der Waals surface area (Å²) in [5.74, 6) is 2.34. The van der Waals surface area contributed by atoms with E-state index in [0.29, 0.717) is 19.1 Å². The molecule has 1 aromatic heterocycles. The Bertz CT molecular complexity index is 651. The van der Waals surface area contributed by atoms with Crippen LogP contribution in [0.5, 0.6) is 5.75 Å². The first-order chi connectivity index (χ1) is 11.8. The third-order valence-electron chi connectivity index (χ3n) is 4.11. The lowest BCUT2D eigenvalue weighted by molar-refractivity contribution is 0.265. The molecule has 1 aliphatic heterocycles. The number of para-hydroxylation sites is 1. The van der Waals surface area contributed by atoms with Crippen molar-refractivity contribution in [2.24, 2.45) is 0 Å². The van der Waals surface area contributed by atoms with Gasteiger partial charge in [0.15, 0.2) is 0 Å². The number of aryl methyl sites for hydroxylation is 1. The zero-order valence-corrected chi connectivity index (χ0v) is 14.0. The molecule has 1 atom stereocenters. The van der Waals surface area contributed by atoms with Crippen molar-refractivity contribution < 1.29 is 9.84 Å². The molecule has 1 unspecified atom stereocenters. The lowest BCUT2D eigenvalue weighted by Crippen LogP contribution is -2.33. The second-order valence-electron chi connectivity index (χ2n) is 5.95. The number of hydrogen-bond donors (Lipinski definition) is 2. The Morgan fingerprint density at radius 3 is 2.92 bits per heavy atom. The van der Waals surface area contributed by atoms with Crippen molar-refractivity contribution in [1.29, 1.82) is 0 Å². The minimum Gasteiger partial charge on any atom is -0.492 e. The number of aliphatic hydroxyl groups is 1. The zero-order valence-electron chi connectivity index (χ0n) is 14.0. The van der Waals surface area contributed by atoms with Crippen LogP contribution in [0.3, 0.4) is 0 Å². The minimum atomic E-state index is 0.126. The molecule has 1 aliphatic rings. The van der Waals surface area contributed by atoms with E-state index in [4.69, 9.17) is 4.74 Å². The summed E-state index contributed by atoms with van der Waals surface area (Å²) >= 11 is 0. The van der Waals surface area contributed by atoms with Crippen LogP contribution in [-0.2, 0) is 0 Å². The minimum absolute atomic E-state index is 0.126. The molecule has 0 saturated carbocycles. The topological polar surface area (TPSA) is 70.5 Å². The van der Waals surface area contributed by atoms with Gasteiger partial charge in [-0.15, -0.1) is 0 Å². The van der Waals surface area contributed by atoms with Crippen LogP contribution in [0.15, 0.2) is 36.4 Å². The molecule has 2 N–H and O–H groups in total. The van der Waals surface area contributed by atoms with Crippen molar-refractivity contribution >= 4 is 11.8 Å². The number of benzene rings is 1. The van der Waals surface area contributed by atoms with Crippen LogP contribution in [0.2, 0.25) is 0 Å². The fourth-order valence-corrected chi connectivity index (χ4v) is 2.93. The largest absolute Gasteiger partial charge is 0.492 e. The molecule has 0 radical (unpaired) electrons. The normalized spacial score (nSPS) is 17.1. The molecule has 0 bridgehead atoms. The Kier molecular flexibility index (Phi) is 5.48. The average molecular weight is 328 g/mol. The van der Waals surface area contributed by atoms with Gasteiger partial charge in [0.25, 0.3) is 0 Å². The van der Waals surface area contributed by atoms with Crippen LogP contribution in [0.4, 0.5) is 11.8 Å². The van der Waals surface area contributed by atoms with E-state index in [9.17, 15) is 5.11 Å². The zero-order chi connectivity index (χ0) is 16.8. The number of nitrogens with one attached hydrogen (secondary N) is 1. The second-order valence-corrected chi connectivity index (χ2v) is 5.95. The van der Waals surface area contributed by atoms with Crippen LogP contribution >= 0.6 is 0 Å². The number of ether oxygens (including phenoxy) is 1. The highest BCUT2D eigenvalue weighted by Gasteiger charge is 2.26. The summed E-state index contributed by atoms with van der Waals surface area (Å²) in [6, 6.07) is 11.8. The van der Waals surface area contributed by atoms with Crippen molar-refractivity contribution in [3.05, 3.63) is 42.1 Å². The van der Waals surface area contributed by atoms with E-state index in [-0.39, 0.29) is 12.6 Å². The smallest absolute Gasteiger partial charge is 0.227 e. The van der Waals surface area contributed by atoms with Crippen LogP contribution < -0.4 is 15.0 Å². The summed E-state index contributed by atoms with van der Waals surface area (Å²) in [7, 11) is 0. The molecule has 2 heterocycles. The Hall–Kier alpha value is -2.34. The quantitative estimate of drug-likeness (QED) is 0.760. The molecule has 1 aromatic carbocycles. The van der Waals surface area contributed by atoms with Gasteiger partial charge in [-0.2, -0.15) is 4.98 Å². The maximum Gasteiger partial charge on any atom is 0.227 e. The van der Waals surface area contributed by atoms with E-state index in [2.05, 4.69) is 20.2 Å². The number of nitrogens with zero attached hydrogens (tertiary/aromatic N) is 3. The van der Waals surface area contributed by atoms with E-state index in [0.717, 1.165) is 36.6 Å². The molecular formula is C18H24N4O2. The van der Waals surface area contributed by atoms with Gasteiger partial charge in [-0.25, -0.2) is 4.98 Å². The van der Waals surface area contributed by atoms with Gasteiger partial charge in [0.05, 0.1) is 19.2 Å². The monoisotopic (exact) mass is 328 g/mol. The van der Waals surface area contributed by atoms with Gasteiger partial charge in [0.1, 0.15) is 18.2 Å². The molecule has 3 rings (SSSR count). The number of anilines is 2. The summed E-state index contributed by atoms with van der Waals surface area (Å²) in [5.41, 5.74) is 0.912. The molecule has 1 fully saturated rings. The number of hydrogen-bond acceptors (Lipinski definition) is 6. The van der Waals surface area contributed by atoms with E-state index in [1.54, 1.807) is 0 Å². The Morgan fingerprint density at radius 1 is 1.29 bits per heavy atom. The third-order valence-corrected chi connectivity index (χ3v) is 4.11. The molecule has 6 heteroatoms. The molecule has 1 saturated heterocycles. The number of aliphatic hydroxyl groups excluding tert-OH is 1. The highest BCUT2D eigenvalue weighted by molar-refractivity contribution is 5.45. The van der Waals surface area contributed by atoms with Crippen molar-refractivity contribution in [3.8, 4) is 5.75 Å². The van der Waals surface area contributed by atoms with Crippen LogP contribution in [-0.4, -0.2) is 47.4 Å². The first-order valence-corrected chi connectivity index (χ1v) is 8.41. The lowest BCUT2D eigenvalue weighted by atomic mass is 10.2. The number of rotatable bonds is 7. The van der Waals surface area contributed by atoms with Gasteiger partial charge < -0.3 is 20.1 Å². The summed E-state index contributed by atoms with van der Waals surface area (Å²) in [6.07, 6.45) is 2.05. The van der Waals surface area contributed by atoms with Gasteiger partial charge in [0.2, 0.25) is 5.95 Å². The summed E-state index contributed by atoms with van der Waals surface area (Å²) < 4.78 is 5.67. The summed E-state index contributed by atoms with van der Waals surface area (Å²) in [4.78, 5) is 11.2. The van der Waals surface area contributed by atoms with Crippen LogP contribution in [0, 0.1) is 6.92 Å². The van der Waals surface area contributed by atoms with Crippen LogP contribution in [0.25, 0.3) is 0 Å². The Morgan fingerprint density at radius 2 is 2.12 bits per heavy atom. The van der Waals surface area contributed by atoms with Crippen molar-refractivity contribution in [2.75, 3.05) is 36.5 Å². The molecular weight excluding hydrogens is 304 g/mol. The van der Waals surface area contributed by atoms with Crippen molar-refractivity contribution in [2.45, 2.75) is 25.8 Å². The van der Waals surface area contributed by atoms with Gasteiger partial charge in [-0.1, -0.05) is 18.2 Å². The van der Waals surface area contributed by atoms with Crippen molar-refractivity contribution in [1.82, 2.24) is 9.97 Å².